The van der Waals surface area contributed by atoms with Gasteiger partial charge in [-0.2, -0.15) is 0 Å². The van der Waals surface area contributed by atoms with E-state index in [-0.39, 0.29) is 17.6 Å². The van der Waals surface area contributed by atoms with Gasteiger partial charge in [0, 0.05) is 11.8 Å². The molecule has 2 aliphatic carbocycles. The van der Waals surface area contributed by atoms with E-state index in [4.69, 9.17) is 10.5 Å². The van der Waals surface area contributed by atoms with Crippen LogP contribution in [0.1, 0.15) is 25.7 Å². The maximum atomic E-state index is 12.1. The quantitative estimate of drug-likeness (QED) is 0.620. The van der Waals surface area contributed by atoms with Crippen LogP contribution < -0.4 is 11.1 Å². The Morgan fingerprint density at radius 3 is 2.50 bits per heavy atom. The van der Waals surface area contributed by atoms with Gasteiger partial charge in [0.25, 0.3) is 0 Å². The molecule has 2 saturated carbocycles. The van der Waals surface area contributed by atoms with E-state index in [2.05, 4.69) is 5.32 Å². The number of amides is 1. The first-order valence-electron chi connectivity index (χ1n) is 6.30. The Labute approximate surface area is 111 Å². The van der Waals surface area contributed by atoms with Gasteiger partial charge in [0.2, 0.25) is 5.91 Å². The molecule has 6 heteroatoms. The molecule has 0 aliphatic heterocycles. The van der Waals surface area contributed by atoms with Crippen molar-refractivity contribution >= 4 is 23.6 Å². The predicted molar refractivity (Wildman–Crippen MR) is 70.1 cm³/mol. The Hall–Kier alpha value is -0.750. The number of carbonyl (C=O) groups excluding carboxylic acids is 2. The highest BCUT2D eigenvalue weighted by atomic mass is 32.2. The fraction of sp³-hybridized carbons (Fsp3) is 0.833. The van der Waals surface area contributed by atoms with Gasteiger partial charge in [0.05, 0.1) is 12.9 Å². The molecule has 5 nitrogen and oxygen atoms in total. The van der Waals surface area contributed by atoms with Gasteiger partial charge >= 0.3 is 5.97 Å². The SMILES string of the molecule is COC(=O)C(CSCC(N)=O)(NC1CC1)C1CC1. The Morgan fingerprint density at radius 2 is 2.06 bits per heavy atom. The molecule has 2 rings (SSSR count). The van der Waals surface area contributed by atoms with Crippen molar-refractivity contribution in [2.75, 3.05) is 18.6 Å². The first-order valence-corrected chi connectivity index (χ1v) is 7.46. The van der Waals surface area contributed by atoms with Crippen LogP contribution in [0.25, 0.3) is 0 Å². The number of ether oxygens (including phenoxy) is 1. The van der Waals surface area contributed by atoms with Crippen LogP contribution in [-0.4, -0.2) is 42.1 Å². The third-order valence-electron chi connectivity index (χ3n) is 3.44. The van der Waals surface area contributed by atoms with Gasteiger partial charge < -0.3 is 10.5 Å². The molecule has 1 unspecified atom stereocenters. The van der Waals surface area contributed by atoms with E-state index >= 15 is 0 Å². The largest absolute Gasteiger partial charge is 0.468 e. The molecular formula is C12H20N2O3S. The number of carbonyl (C=O) groups is 2. The Kier molecular flexibility index (Phi) is 4.17. The van der Waals surface area contributed by atoms with Crippen LogP contribution in [0.2, 0.25) is 0 Å². The van der Waals surface area contributed by atoms with Crippen LogP contribution >= 0.6 is 11.8 Å². The molecule has 18 heavy (non-hydrogen) atoms. The molecule has 0 radical (unpaired) electrons. The van der Waals surface area contributed by atoms with E-state index in [1.807, 2.05) is 0 Å². The molecule has 1 atom stereocenters. The maximum absolute atomic E-state index is 12.1. The maximum Gasteiger partial charge on any atom is 0.327 e. The number of rotatable bonds is 8. The summed E-state index contributed by atoms with van der Waals surface area (Å²) < 4.78 is 4.97. The summed E-state index contributed by atoms with van der Waals surface area (Å²) in [5.41, 5.74) is 4.52. The second kappa shape index (κ2) is 5.48. The van der Waals surface area contributed by atoms with Crippen LogP contribution in [0, 0.1) is 5.92 Å². The summed E-state index contributed by atoms with van der Waals surface area (Å²) in [5, 5.41) is 3.44. The summed E-state index contributed by atoms with van der Waals surface area (Å²) in [5.74, 6) is 0.600. The van der Waals surface area contributed by atoms with Crippen LogP contribution in [0.3, 0.4) is 0 Å². The van der Waals surface area contributed by atoms with Gasteiger partial charge in [0.15, 0.2) is 0 Å². The second-order valence-electron chi connectivity index (χ2n) is 5.11. The topological polar surface area (TPSA) is 81.4 Å². The van der Waals surface area contributed by atoms with Gasteiger partial charge in [-0.15, -0.1) is 11.8 Å². The third-order valence-corrected chi connectivity index (χ3v) is 4.59. The van der Waals surface area contributed by atoms with Gasteiger partial charge in [-0.25, -0.2) is 0 Å². The van der Waals surface area contributed by atoms with E-state index in [0.29, 0.717) is 17.7 Å². The van der Waals surface area contributed by atoms with Crippen LogP contribution in [0.4, 0.5) is 0 Å². The lowest BCUT2D eigenvalue weighted by atomic mass is 9.95. The van der Waals surface area contributed by atoms with Crippen molar-refractivity contribution < 1.29 is 14.3 Å². The lowest BCUT2D eigenvalue weighted by Crippen LogP contribution is -2.57. The van der Waals surface area contributed by atoms with Gasteiger partial charge in [-0.1, -0.05) is 0 Å². The Morgan fingerprint density at radius 1 is 1.39 bits per heavy atom. The highest BCUT2D eigenvalue weighted by Gasteiger charge is 2.53. The van der Waals surface area contributed by atoms with Crippen molar-refractivity contribution in [2.45, 2.75) is 37.3 Å². The number of thioether (sulfide) groups is 1. The highest BCUT2D eigenvalue weighted by molar-refractivity contribution is 8.00. The minimum atomic E-state index is -0.615. The summed E-state index contributed by atoms with van der Waals surface area (Å²) in [6.07, 6.45) is 4.33. The van der Waals surface area contributed by atoms with Crippen molar-refractivity contribution in [2.24, 2.45) is 11.7 Å². The van der Waals surface area contributed by atoms with E-state index < -0.39 is 5.54 Å². The normalized spacial score (nSPS) is 22.3. The molecule has 0 aromatic heterocycles. The van der Waals surface area contributed by atoms with Crippen molar-refractivity contribution in [3.63, 3.8) is 0 Å². The van der Waals surface area contributed by atoms with Gasteiger partial charge in [0.1, 0.15) is 5.54 Å². The molecule has 1 amide bonds. The summed E-state index contributed by atoms with van der Waals surface area (Å²) in [6.45, 7) is 0. The van der Waals surface area contributed by atoms with E-state index in [1.165, 1.54) is 18.9 Å². The molecule has 3 N–H and O–H groups in total. The fourth-order valence-electron chi connectivity index (χ4n) is 2.22. The lowest BCUT2D eigenvalue weighted by Gasteiger charge is -2.32. The van der Waals surface area contributed by atoms with Crippen LogP contribution in [-0.2, 0) is 14.3 Å². The molecule has 0 heterocycles. The third kappa shape index (κ3) is 3.17. The summed E-state index contributed by atoms with van der Waals surface area (Å²) in [4.78, 5) is 22.9. The number of hydrogen-bond acceptors (Lipinski definition) is 5. The molecule has 102 valence electrons. The minimum absolute atomic E-state index is 0.200. The second-order valence-corrected chi connectivity index (χ2v) is 6.10. The van der Waals surface area contributed by atoms with Crippen molar-refractivity contribution in [3.05, 3.63) is 0 Å². The van der Waals surface area contributed by atoms with E-state index in [0.717, 1.165) is 25.7 Å². The van der Waals surface area contributed by atoms with Crippen molar-refractivity contribution in [1.82, 2.24) is 5.32 Å². The average Bonchev–Trinajstić information content (AvgIpc) is 3.17. The van der Waals surface area contributed by atoms with Crippen LogP contribution in [0.15, 0.2) is 0 Å². The molecule has 0 aromatic carbocycles. The molecule has 0 saturated heterocycles. The van der Waals surface area contributed by atoms with E-state index in [1.54, 1.807) is 0 Å². The Balaban J connectivity index is 2.02. The standard InChI is InChI=1S/C12H20N2O3S/c1-17-11(16)12(8-2-3-8,14-9-4-5-9)7-18-6-10(13)15/h8-9,14H,2-7H2,1H3,(H2,13,15). The smallest absolute Gasteiger partial charge is 0.327 e. The zero-order valence-corrected chi connectivity index (χ0v) is 11.4. The monoisotopic (exact) mass is 272 g/mol. The first-order chi connectivity index (χ1) is 8.58. The first kappa shape index (κ1) is 13.7. The minimum Gasteiger partial charge on any atom is -0.468 e. The Bertz CT molecular complexity index is 342. The number of primary amides is 1. The van der Waals surface area contributed by atoms with Crippen molar-refractivity contribution in [3.8, 4) is 0 Å². The molecular weight excluding hydrogens is 252 g/mol. The number of hydrogen-bond donors (Lipinski definition) is 2. The zero-order valence-electron chi connectivity index (χ0n) is 10.6. The molecule has 2 aliphatic rings. The number of methoxy groups -OCH3 is 1. The summed E-state index contributed by atoms with van der Waals surface area (Å²) in [7, 11) is 1.42. The molecule has 0 spiro atoms. The lowest BCUT2D eigenvalue weighted by molar-refractivity contribution is -0.148. The predicted octanol–water partition coefficient (Wildman–Crippen LogP) is 0.279. The summed E-state index contributed by atoms with van der Waals surface area (Å²) >= 11 is 1.41. The highest BCUT2D eigenvalue weighted by Crippen LogP contribution is 2.43. The average molecular weight is 272 g/mol. The molecule has 2 fully saturated rings. The number of esters is 1. The fourth-order valence-corrected chi connectivity index (χ4v) is 3.29. The van der Waals surface area contributed by atoms with Gasteiger partial charge in [-0.05, 0) is 31.6 Å². The van der Waals surface area contributed by atoms with Crippen molar-refractivity contribution in [1.29, 1.82) is 0 Å². The van der Waals surface area contributed by atoms with E-state index in [9.17, 15) is 9.59 Å². The van der Waals surface area contributed by atoms with Gasteiger partial charge in [-0.3, -0.25) is 14.9 Å². The number of nitrogens with two attached hydrogens (primary N) is 1. The molecule has 0 aromatic rings. The zero-order chi connectivity index (χ0) is 13.2. The van der Waals surface area contributed by atoms with Crippen LogP contribution in [0.5, 0.6) is 0 Å². The summed E-state index contributed by atoms with van der Waals surface area (Å²) in [6, 6.07) is 0.430. The molecule has 0 bridgehead atoms. The number of nitrogens with one attached hydrogen (secondary N) is 1.